The number of carbonyl (C=O) groups is 1. The van der Waals surface area contributed by atoms with Crippen molar-refractivity contribution in [1.82, 2.24) is 4.90 Å². The molecule has 3 rings (SSSR count). The van der Waals surface area contributed by atoms with Crippen LogP contribution in [0.3, 0.4) is 0 Å². The van der Waals surface area contributed by atoms with Gasteiger partial charge in [-0.25, -0.2) is 0 Å². The first kappa shape index (κ1) is 23.1. The molecule has 2 aromatic carbocycles. The minimum Gasteiger partial charge on any atom is -0.343 e. The van der Waals surface area contributed by atoms with E-state index >= 15 is 0 Å². The van der Waals surface area contributed by atoms with E-state index in [9.17, 15) is 31.1 Å². The van der Waals surface area contributed by atoms with Gasteiger partial charge in [-0.1, -0.05) is 30.3 Å². The average Bonchev–Trinajstić information content (AvgIpc) is 2.70. The Kier molecular flexibility index (Phi) is 6.61. The van der Waals surface area contributed by atoms with Crippen LogP contribution in [0.25, 0.3) is 0 Å². The van der Waals surface area contributed by atoms with E-state index in [2.05, 4.69) is 0 Å². The van der Waals surface area contributed by atoms with Crippen molar-refractivity contribution >= 4 is 5.91 Å². The van der Waals surface area contributed by atoms with Crippen LogP contribution in [0.1, 0.15) is 35.3 Å². The summed E-state index contributed by atoms with van der Waals surface area (Å²) >= 11 is 0. The number of benzene rings is 2. The predicted octanol–water partition coefficient (Wildman–Crippen LogP) is 5.19. The molecule has 1 amide bonds. The van der Waals surface area contributed by atoms with Crippen molar-refractivity contribution in [1.29, 1.82) is 0 Å². The standard InChI is InChI=1S/C21H19F6NO3/c1-13(15-9-16(20(22,23)24)11-17(10-15)21(25,26)27)31-19-18(29)28(7-8-30-19)12-14-5-3-2-4-6-14/h2-6,9-11,13,19H,7-8,12H2,1H3. The number of hydrogen-bond donors (Lipinski definition) is 0. The number of nitrogens with zero attached hydrogens (tertiary/aromatic N) is 1. The van der Waals surface area contributed by atoms with Gasteiger partial charge in [0, 0.05) is 13.1 Å². The van der Waals surface area contributed by atoms with Crippen LogP contribution in [0.15, 0.2) is 48.5 Å². The lowest BCUT2D eigenvalue weighted by molar-refractivity contribution is -0.209. The van der Waals surface area contributed by atoms with Crippen LogP contribution in [-0.2, 0) is 33.2 Å². The molecular formula is C21H19F6NO3. The zero-order chi connectivity index (χ0) is 22.8. The van der Waals surface area contributed by atoms with E-state index in [-0.39, 0.29) is 31.3 Å². The van der Waals surface area contributed by atoms with E-state index in [1.165, 1.54) is 11.8 Å². The molecule has 0 aliphatic carbocycles. The summed E-state index contributed by atoms with van der Waals surface area (Å²) in [5.41, 5.74) is -2.40. The maximum Gasteiger partial charge on any atom is 0.416 e. The maximum atomic E-state index is 13.1. The third-order valence-corrected chi connectivity index (χ3v) is 4.77. The number of ether oxygens (including phenoxy) is 2. The van der Waals surface area contributed by atoms with Crippen LogP contribution in [0.4, 0.5) is 26.3 Å². The Hall–Kier alpha value is -2.59. The van der Waals surface area contributed by atoms with Gasteiger partial charge < -0.3 is 14.4 Å². The smallest absolute Gasteiger partial charge is 0.343 e. The van der Waals surface area contributed by atoms with Gasteiger partial charge in [-0.3, -0.25) is 4.79 Å². The molecule has 31 heavy (non-hydrogen) atoms. The first-order valence-corrected chi connectivity index (χ1v) is 9.34. The molecule has 1 aliphatic heterocycles. The molecule has 0 bridgehead atoms. The number of morpholine rings is 1. The summed E-state index contributed by atoms with van der Waals surface area (Å²) < 4.78 is 89.2. The minimum atomic E-state index is -4.97. The highest BCUT2D eigenvalue weighted by Gasteiger charge is 2.38. The van der Waals surface area contributed by atoms with Gasteiger partial charge in [0.2, 0.25) is 6.29 Å². The Morgan fingerprint density at radius 3 is 2.16 bits per heavy atom. The monoisotopic (exact) mass is 447 g/mol. The quantitative estimate of drug-likeness (QED) is 0.593. The highest BCUT2D eigenvalue weighted by atomic mass is 19.4. The molecule has 1 saturated heterocycles. The summed E-state index contributed by atoms with van der Waals surface area (Å²) in [7, 11) is 0. The Balaban J connectivity index is 1.78. The number of halogens is 6. The van der Waals surface area contributed by atoms with Gasteiger partial charge in [0.15, 0.2) is 0 Å². The summed E-state index contributed by atoms with van der Waals surface area (Å²) in [6.45, 7) is 1.94. The first-order valence-electron chi connectivity index (χ1n) is 9.34. The number of alkyl halides is 6. The molecule has 0 aromatic heterocycles. The Labute approximate surface area is 174 Å². The van der Waals surface area contributed by atoms with Crippen LogP contribution < -0.4 is 0 Å². The zero-order valence-corrected chi connectivity index (χ0v) is 16.3. The molecule has 0 spiro atoms. The van der Waals surface area contributed by atoms with Crippen LogP contribution in [0.5, 0.6) is 0 Å². The molecule has 168 valence electrons. The van der Waals surface area contributed by atoms with E-state index < -0.39 is 41.8 Å². The van der Waals surface area contributed by atoms with Gasteiger partial charge in [-0.2, -0.15) is 26.3 Å². The minimum absolute atomic E-state index is 0.0417. The fraction of sp³-hybridized carbons (Fsp3) is 0.381. The molecule has 0 radical (unpaired) electrons. The fourth-order valence-electron chi connectivity index (χ4n) is 3.14. The average molecular weight is 447 g/mol. The summed E-state index contributed by atoms with van der Waals surface area (Å²) in [6, 6.07) is 10.3. The lowest BCUT2D eigenvalue weighted by atomic mass is 10.0. The third kappa shape index (κ3) is 5.76. The zero-order valence-electron chi connectivity index (χ0n) is 16.3. The second-order valence-electron chi connectivity index (χ2n) is 7.07. The second-order valence-corrected chi connectivity index (χ2v) is 7.07. The van der Waals surface area contributed by atoms with Crippen molar-refractivity contribution in [2.75, 3.05) is 13.2 Å². The lowest BCUT2D eigenvalue weighted by Crippen LogP contribution is -2.48. The van der Waals surface area contributed by atoms with Gasteiger partial charge in [0.25, 0.3) is 5.91 Å². The summed E-state index contributed by atoms with van der Waals surface area (Å²) in [5.74, 6) is -0.551. The maximum absolute atomic E-state index is 13.1. The highest BCUT2D eigenvalue weighted by Crippen LogP contribution is 2.38. The van der Waals surface area contributed by atoms with Gasteiger partial charge in [0.05, 0.1) is 23.8 Å². The second kappa shape index (κ2) is 8.88. The Morgan fingerprint density at radius 1 is 1.03 bits per heavy atom. The number of amides is 1. The molecule has 1 fully saturated rings. The Morgan fingerprint density at radius 2 is 1.61 bits per heavy atom. The summed E-state index contributed by atoms with van der Waals surface area (Å²) in [6.07, 6.45) is -12.6. The van der Waals surface area contributed by atoms with E-state index in [0.29, 0.717) is 12.1 Å². The van der Waals surface area contributed by atoms with Crippen LogP contribution >= 0.6 is 0 Å². The third-order valence-electron chi connectivity index (χ3n) is 4.77. The van der Waals surface area contributed by atoms with Crippen molar-refractivity contribution in [3.05, 3.63) is 70.8 Å². The molecule has 0 N–H and O–H groups in total. The molecule has 4 nitrogen and oxygen atoms in total. The van der Waals surface area contributed by atoms with Crippen molar-refractivity contribution in [3.63, 3.8) is 0 Å². The van der Waals surface area contributed by atoms with E-state index in [0.717, 1.165) is 5.56 Å². The normalized spacial score (nSPS) is 18.9. The molecular weight excluding hydrogens is 428 g/mol. The topological polar surface area (TPSA) is 38.8 Å². The van der Waals surface area contributed by atoms with E-state index in [4.69, 9.17) is 9.47 Å². The van der Waals surface area contributed by atoms with Crippen molar-refractivity contribution in [2.24, 2.45) is 0 Å². The molecule has 10 heteroatoms. The first-order chi connectivity index (χ1) is 14.4. The fourth-order valence-corrected chi connectivity index (χ4v) is 3.14. The molecule has 0 saturated carbocycles. The van der Waals surface area contributed by atoms with Gasteiger partial charge in [-0.05, 0) is 36.2 Å². The van der Waals surface area contributed by atoms with Crippen molar-refractivity contribution in [3.8, 4) is 0 Å². The largest absolute Gasteiger partial charge is 0.416 e. The lowest BCUT2D eigenvalue weighted by Gasteiger charge is -2.33. The van der Waals surface area contributed by atoms with Gasteiger partial charge in [0.1, 0.15) is 0 Å². The molecule has 2 unspecified atom stereocenters. The predicted molar refractivity (Wildman–Crippen MR) is 97.5 cm³/mol. The molecule has 2 atom stereocenters. The van der Waals surface area contributed by atoms with E-state index in [1.807, 2.05) is 30.3 Å². The van der Waals surface area contributed by atoms with E-state index in [1.54, 1.807) is 0 Å². The van der Waals surface area contributed by atoms with Gasteiger partial charge in [-0.15, -0.1) is 0 Å². The molecule has 1 aliphatic rings. The number of hydrogen-bond acceptors (Lipinski definition) is 3. The van der Waals surface area contributed by atoms with Crippen LogP contribution in [0.2, 0.25) is 0 Å². The van der Waals surface area contributed by atoms with Crippen molar-refractivity contribution < 1.29 is 40.6 Å². The SMILES string of the molecule is CC(OC1OCCN(Cc2ccccc2)C1=O)c1cc(C(F)(F)F)cc(C(F)(F)F)c1. The van der Waals surface area contributed by atoms with Crippen molar-refractivity contribution in [2.45, 2.75) is 38.2 Å². The molecule has 1 heterocycles. The summed E-state index contributed by atoms with van der Waals surface area (Å²) in [4.78, 5) is 14.1. The highest BCUT2D eigenvalue weighted by molar-refractivity contribution is 5.80. The van der Waals surface area contributed by atoms with Crippen LogP contribution in [0, 0.1) is 0 Å². The Bertz CT molecular complexity index is 881. The number of rotatable bonds is 5. The number of carbonyl (C=O) groups excluding carboxylic acids is 1. The van der Waals surface area contributed by atoms with Crippen LogP contribution in [-0.4, -0.2) is 30.2 Å². The summed E-state index contributed by atoms with van der Waals surface area (Å²) in [5, 5.41) is 0. The molecule has 2 aromatic rings. The van der Waals surface area contributed by atoms with Gasteiger partial charge >= 0.3 is 12.4 Å².